The maximum Gasteiger partial charge on any atom is 0.304 e. The molecule has 0 aliphatic carbocycles. The molecule has 0 fully saturated rings. The van der Waals surface area contributed by atoms with Gasteiger partial charge in [0.05, 0.1) is 11.4 Å². The van der Waals surface area contributed by atoms with E-state index in [1.807, 2.05) is 13.0 Å². The number of carboxylic acids is 1. The van der Waals surface area contributed by atoms with Crippen molar-refractivity contribution in [2.24, 2.45) is 0 Å². The Kier molecular flexibility index (Phi) is 6.79. The van der Waals surface area contributed by atoms with E-state index in [1.54, 1.807) is 43.3 Å². The van der Waals surface area contributed by atoms with Crippen LogP contribution in [0.4, 0.5) is 4.39 Å². The zero-order valence-electron chi connectivity index (χ0n) is 14.1. The fourth-order valence-corrected chi connectivity index (χ4v) is 2.79. The van der Waals surface area contributed by atoms with E-state index in [0.717, 1.165) is 0 Å². The lowest BCUT2D eigenvalue weighted by molar-refractivity contribution is -0.137. The first kappa shape index (κ1) is 19.2. The zero-order valence-corrected chi connectivity index (χ0v) is 14.9. The number of nitrogens with one attached hydrogen (secondary N) is 1. The molecule has 2 aromatic carbocycles. The third-order valence-corrected chi connectivity index (χ3v) is 4.09. The van der Waals surface area contributed by atoms with Crippen LogP contribution in [0, 0.1) is 5.82 Å². The summed E-state index contributed by atoms with van der Waals surface area (Å²) in [4.78, 5) is 10.8. The summed E-state index contributed by atoms with van der Waals surface area (Å²) in [5, 5.41) is 12.2. The molecule has 1 unspecified atom stereocenters. The number of ether oxygens (including phenoxy) is 1. The van der Waals surface area contributed by atoms with Crippen LogP contribution >= 0.6 is 11.6 Å². The van der Waals surface area contributed by atoms with Gasteiger partial charge in [-0.1, -0.05) is 42.8 Å². The topological polar surface area (TPSA) is 58.6 Å². The predicted molar refractivity (Wildman–Crippen MR) is 95.8 cm³/mol. The Morgan fingerprint density at radius 3 is 2.56 bits per heavy atom. The zero-order chi connectivity index (χ0) is 18.4. The Morgan fingerprint density at radius 2 is 1.96 bits per heavy atom. The van der Waals surface area contributed by atoms with E-state index in [9.17, 15) is 4.79 Å². The van der Waals surface area contributed by atoms with Crippen LogP contribution in [0.2, 0.25) is 5.02 Å². The fraction of sp³-hybridized carbons (Fsp3) is 0.316. The first-order valence-corrected chi connectivity index (χ1v) is 8.48. The van der Waals surface area contributed by atoms with Gasteiger partial charge >= 0.3 is 5.97 Å². The smallest absolute Gasteiger partial charge is 0.304 e. The molecule has 4 nitrogen and oxygen atoms in total. The largest absolute Gasteiger partial charge is 0.481 e. The molecule has 2 N–H and O–H groups in total. The van der Waals surface area contributed by atoms with Gasteiger partial charge in [-0.2, -0.15) is 0 Å². The van der Waals surface area contributed by atoms with Gasteiger partial charge < -0.3 is 15.2 Å². The van der Waals surface area contributed by atoms with Crippen molar-refractivity contribution in [2.75, 3.05) is 0 Å². The van der Waals surface area contributed by atoms with Crippen LogP contribution in [0.15, 0.2) is 42.5 Å². The minimum Gasteiger partial charge on any atom is -0.481 e. The van der Waals surface area contributed by atoms with Crippen LogP contribution in [0.25, 0.3) is 0 Å². The van der Waals surface area contributed by atoms with Crippen molar-refractivity contribution >= 4 is 17.6 Å². The van der Waals surface area contributed by atoms with Gasteiger partial charge in [0, 0.05) is 17.6 Å². The molecule has 2 rings (SSSR count). The second kappa shape index (κ2) is 8.83. The van der Waals surface area contributed by atoms with Crippen molar-refractivity contribution in [3.8, 4) is 11.5 Å². The molecule has 0 saturated carbocycles. The second-order valence-electron chi connectivity index (χ2n) is 5.82. The lowest BCUT2D eigenvalue weighted by Crippen LogP contribution is -2.32. The SMILES string of the molecule is CC[C@@H](NC(C)CC(=O)O)c1ccc(Cl)c(Oc2ccccc2)c1F. The van der Waals surface area contributed by atoms with Gasteiger partial charge in [0.25, 0.3) is 0 Å². The summed E-state index contributed by atoms with van der Waals surface area (Å²) in [5.41, 5.74) is 0.398. The standard InChI is InChI=1S/C19H21ClFNO3/c1-3-16(22-12(2)11-17(23)24)14-9-10-15(20)19(18(14)21)25-13-7-5-4-6-8-13/h4-10,12,16,22H,3,11H2,1-2H3,(H,23,24)/t12?,16-/m1/s1. The number of carbonyl (C=O) groups is 1. The number of carboxylic acid groups (broad SMARTS) is 1. The monoisotopic (exact) mass is 365 g/mol. The molecule has 0 spiro atoms. The molecule has 0 bridgehead atoms. The normalized spacial score (nSPS) is 13.3. The van der Waals surface area contributed by atoms with Gasteiger partial charge in [-0.25, -0.2) is 4.39 Å². The van der Waals surface area contributed by atoms with E-state index < -0.39 is 11.8 Å². The Morgan fingerprint density at radius 1 is 1.28 bits per heavy atom. The number of hydrogen-bond acceptors (Lipinski definition) is 3. The molecular weight excluding hydrogens is 345 g/mol. The molecule has 134 valence electrons. The van der Waals surface area contributed by atoms with Gasteiger partial charge in [-0.05, 0) is 31.5 Å². The first-order valence-electron chi connectivity index (χ1n) is 8.11. The highest BCUT2D eigenvalue weighted by Crippen LogP contribution is 2.36. The van der Waals surface area contributed by atoms with Crippen LogP contribution in [0.5, 0.6) is 11.5 Å². The van der Waals surface area contributed by atoms with Crippen molar-refractivity contribution in [2.45, 2.75) is 38.8 Å². The molecule has 0 saturated heterocycles. The van der Waals surface area contributed by atoms with Crippen molar-refractivity contribution in [3.05, 3.63) is 58.9 Å². The lowest BCUT2D eigenvalue weighted by Gasteiger charge is -2.23. The summed E-state index contributed by atoms with van der Waals surface area (Å²) >= 11 is 6.11. The molecule has 0 aliphatic heterocycles. The van der Waals surface area contributed by atoms with E-state index in [1.165, 1.54) is 0 Å². The minimum absolute atomic E-state index is 0.0310. The van der Waals surface area contributed by atoms with Gasteiger partial charge in [0.2, 0.25) is 0 Å². The number of aliphatic carboxylic acids is 1. The minimum atomic E-state index is -0.903. The van der Waals surface area contributed by atoms with Gasteiger partial charge in [0.1, 0.15) is 5.75 Å². The fourth-order valence-electron chi connectivity index (χ4n) is 2.61. The van der Waals surface area contributed by atoms with Crippen LogP contribution in [0.1, 0.15) is 38.3 Å². The Hall–Kier alpha value is -2.11. The molecule has 0 radical (unpaired) electrons. The molecule has 2 aromatic rings. The number of benzene rings is 2. The highest BCUT2D eigenvalue weighted by Gasteiger charge is 2.22. The number of hydrogen-bond donors (Lipinski definition) is 2. The van der Waals surface area contributed by atoms with E-state index in [4.69, 9.17) is 21.4 Å². The van der Waals surface area contributed by atoms with E-state index in [2.05, 4.69) is 5.32 Å². The van der Waals surface area contributed by atoms with Crippen LogP contribution in [0.3, 0.4) is 0 Å². The average Bonchev–Trinajstić information content (AvgIpc) is 2.57. The molecule has 0 aromatic heterocycles. The predicted octanol–water partition coefficient (Wildman–Crippen LogP) is 5.18. The van der Waals surface area contributed by atoms with Crippen molar-refractivity contribution < 1.29 is 19.0 Å². The van der Waals surface area contributed by atoms with Crippen molar-refractivity contribution in [3.63, 3.8) is 0 Å². The summed E-state index contributed by atoms with van der Waals surface area (Å²) < 4.78 is 20.6. The summed E-state index contributed by atoms with van der Waals surface area (Å²) in [6.45, 7) is 3.66. The Labute approximate surface area is 151 Å². The summed E-state index contributed by atoms with van der Waals surface area (Å²) in [7, 11) is 0. The summed E-state index contributed by atoms with van der Waals surface area (Å²) in [6.07, 6.45) is 0.548. The maximum atomic E-state index is 15.0. The van der Waals surface area contributed by atoms with Crippen LogP contribution < -0.4 is 10.1 Å². The maximum absolute atomic E-state index is 15.0. The first-order chi connectivity index (χ1) is 11.9. The quantitative estimate of drug-likeness (QED) is 0.677. The highest BCUT2D eigenvalue weighted by atomic mass is 35.5. The van der Waals surface area contributed by atoms with Crippen molar-refractivity contribution in [1.29, 1.82) is 0 Å². The number of rotatable bonds is 8. The Bertz CT molecular complexity index is 724. The third kappa shape index (κ3) is 5.18. The average molecular weight is 366 g/mol. The van der Waals surface area contributed by atoms with Gasteiger partial charge in [0.15, 0.2) is 11.6 Å². The van der Waals surface area contributed by atoms with E-state index in [-0.39, 0.29) is 29.3 Å². The summed E-state index contributed by atoms with van der Waals surface area (Å²) in [6, 6.07) is 11.4. The molecule has 0 heterocycles. The van der Waals surface area contributed by atoms with Gasteiger partial charge in [-0.3, -0.25) is 4.79 Å². The highest BCUT2D eigenvalue weighted by molar-refractivity contribution is 6.32. The molecular formula is C19H21ClFNO3. The second-order valence-corrected chi connectivity index (χ2v) is 6.23. The van der Waals surface area contributed by atoms with Crippen molar-refractivity contribution in [1.82, 2.24) is 5.32 Å². The van der Waals surface area contributed by atoms with Crippen LogP contribution in [-0.2, 0) is 4.79 Å². The molecule has 0 aliphatic rings. The molecule has 0 amide bonds. The third-order valence-electron chi connectivity index (χ3n) is 3.79. The molecule has 2 atom stereocenters. The molecule has 25 heavy (non-hydrogen) atoms. The van der Waals surface area contributed by atoms with E-state index >= 15 is 4.39 Å². The van der Waals surface area contributed by atoms with Crippen LogP contribution in [-0.4, -0.2) is 17.1 Å². The molecule has 6 heteroatoms. The van der Waals surface area contributed by atoms with Gasteiger partial charge in [-0.15, -0.1) is 0 Å². The number of halogens is 2. The Balaban J connectivity index is 2.28. The summed E-state index contributed by atoms with van der Waals surface area (Å²) in [5.74, 6) is -0.991. The number of para-hydroxylation sites is 1. The lowest BCUT2D eigenvalue weighted by atomic mass is 10.0. The van der Waals surface area contributed by atoms with E-state index in [0.29, 0.717) is 17.7 Å².